The molecule has 1 unspecified atom stereocenters. The Balaban J connectivity index is 1.97. The molecule has 0 bridgehead atoms. The molecule has 84 valence electrons. The number of aromatic nitrogens is 3. The summed E-state index contributed by atoms with van der Waals surface area (Å²) in [6, 6.07) is 4.19. The second kappa shape index (κ2) is 3.74. The monoisotopic (exact) mass is 235 g/mol. The highest BCUT2D eigenvalue weighted by molar-refractivity contribution is 6.21. The fraction of sp³-hybridized carbons (Fsp3) is 0.500. The van der Waals surface area contributed by atoms with Gasteiger partial charge in [-0.25, -0.2) is 9.50 Å². The van der Waals surface area contributed by atoms with Gasteiger partial charge in [-0.3, -0.25) is 0 Å². The zero-order chi connectivity index (χ0) is 11.1. The number of nitrogens with zero attached hydrogens (tertiary/aromatic N) is 3. The van der Waals surface area contributed by atoms with E-state index in [1.54, 1.807) is 6.33 Å². The molecule has 0 aromatic carbocycles. The van der Waals surface area contributed by atoms with Crippen molar-refractivity contribution in [2.24, 2.45) is 5.92 Å². The van der Waals surface area contributed by atoms with Crippen LogP contribution in [0.15, 0.2) is 18.5 Å². The Hall–Kier alpha value is -1.09. The molecule has 0 spiro atoms. The van der Waals surface area contributed by atoms with E-state index in [0.29, 0.717) is 5.92 Å². The van der Waals surface area contributed by atoms with Crippen molar-refractivity contribution < 1.29 is 0 Å². The van der Waals surface area contributed by atoms with Crippen molar-refractivity contribution in [1.29, 1.82) is 0 Å². The first-order chi connectivity index (χ1) is 7.74. The Kier molecular flexibility index (Phi) is 2.36. The fourth-order valence-electron chi connectivity index (χ4n) is 2.11. The minimum Gasteiger partial charge on any atom is -0.218 e. The molecule has 1 saturated carbocycles. The van der Waals surface area contributed by atoms with Gasteiger partial charge in [0.25, 0.3) is 0 Å². The maximum absolute atomic E-state index is 6.37. The summed E-state index contributed by atoms with van der Waals surface area (Å²) >= 11 is 6.37. The summed E-state index contributed by atoms with van der Waals surface area (Å²) in [6.45, 7) is 2.08. The molecule has 2 heterocycles. The number of hydrogen-bond donors (Lipinski definition) is 0. The Bertz CT molecular complexity index is 516. The van der Waals surface area contributed by atoms with Gasteiger partial charge in [-0.1, -0.05) is 0 Å². The van der Waals surface area contributed by atoms with Crippen molar-refractivity contribution >= 4 is 17.2 Å². The average molecular weight is 236 g/mol. The molecule has 1 aliphatic rings. The number of fused-ring (bicyclic) bond motifs is 1. The summed E-state index contributed by atoms with van der Waals surface area (Å²) in [5.74, 6) is 0.709. The first-order valence-corrected chi connectivity index (χ1v) is 6.11. The molecule has 0 saturated heterocycles. The molecule has 16 heavy (non-hydrogen) atoms. The van der Waals surface area contributed by atoms with Gasteiger partial charge in [-0.2, -0.15) is 5.10 Å². The van der Waals surface area contributed by atoms with E-state index >= 15 is 0 Å². The lowest BCUT2D eigenvalue weighted by molar-refractivity contribution is 0.703. The van der Waals surface area contributed by atoms with Crippen molar-refractivity contribution in [2.45, 2.75) is 31.6 Å². The van der Waals surface area contributed by atoms with Crippen LogP contribution in [0, 0.1) is 12.8 Å². The quantitative estimate of drug-likeness (QED) is 0.766. The first kappa shape index (κ1) is 10.1. The summed E-state index contributed by atoms with van der Waals surface area (Å²) < 4.78 is 1.89. The van der Waals surface area contributed by atoms with Gasteiger partial charge in [0.2, 0.25) is 0 Å². The molecule has 0 amide bonds. The van der Waals surface area contributed by atoms with E-state index in [2.05, 4.69) is 23.1 Å². The smallest absolute Gasteiger partial charge is 0.155 e. The van der Waals surface area contributed by atoms with Gasteiger partial charge in [0, 0.05) is 17.5 Å². The van der Waals surface area contributed by atoms with Gasteiger partial charge in [-0.05, 0) is 43.4 Å². The molecule has 4 heteroatoms. The normalized spacial score (nSPS) is 17.9. The number of rotatable bonds is 3. The van der Waals surface area contributed by atoms with E-state index < -0.39 is 0 Å². The van der Waals surface area contributed by atoms with Crippen LogP contribution in [0.4, 0.5) is 0 Å². The minimum absolute atomic E-state index is 0.245. The van der Waals surface area contributed by atoms with E-state index in [1.807, 2.05) is 10.6 Å². The summed E-state index contributed by atoms with van der Waals surface area (Å²) in [4.78, 5) is 4.22. The number of hydrogen-bond acceptors (Lipinski definition) is 2. The van der Waals surface area contributed by atoms with Crippen LogP contribution in [0.25, 0.3) is 5.65 Å². The summed E-state index contributed by atoms with van der Waals surface area (Å²) in [5.41, 5.74) is 3.30. The van der Waals surface area contributed by atoms with Crippen LogP contribution in [0.5, 0.6) is 0 Å². The predicted molar refractivity (Wildman–Crippen MR) is 63.8 cm³/mol. The molecule has 2 aromatic heterocycles. The number of halogens is 1. The van der Waals surface area contributed by atoms with E-state index in [4.69, 9.17) is 11.6 Å². The van der Waals surface area contributed by atoms with Crippen LogP contribution in [0.2, 0.25) is 0 Å². The van der Waals surface area contributed by atoms with Crippen LogP contribution in [-0.4, -0.2) is 20.0 Å². The lowest BCUT2D eigenvalue weighted by Gasteiger charge is -2.10. The van der Waals surface area contributed by atoms with Crippen molar-refractivity contribution in [3.63, 3.8) is 0 Å². The molecular weight excluding hydrogens is 222 g/mol. The standard InChI is InChI=1S/C12H14ClN3/c1-8-4-10(6-11(13)9-2-3-9)16-12(5-8)14-7-15-16/h4-5,7,9,11H,2-3,6H2,1H3. The molecule has 1 aliphatic carbocycles. The van der Waals surface area contributed by atoms with Gasteiger partial charge in [-0.15, -0.1) is 11.6 Å². The summed E-state index contributed by atoms with van der Waals surface area (Å²) in [6.07, 6.45) is 5.04. The largest absolute Gasteiger partial charge is 0.218 e. The van der Waals surface area contributed by atoms with Crippen LogP contribution in [-0.2, 0) is 6.42 Å². The number of aryl methyl sites for hydroxylation is 1. The zero-order valence-electron chi connectivity index (χ0n) is 9.23. The second-order valence-corrected chi connectivity index (χ2v) is 5.17. The van der Waals surface area contributed by atoms with Crippen molar-refractivity contribution in [2.75, 3.05) is 0 Å². The molecule has 0 N–H and O–H groups in total. The summed E-state index contributed by atoms with van der Waals surface area (Å²) in [7, 11) is 0. The Labute approximate surface area is 99.4 Å². The highest BCUT2D eigenvalue weighted by Gasteiger charge is 2.30. The highest BCUT2D eigenvalue weighted by Crippen LogP contribution is 2.37. The Morgan fingerprint density at radius 3 is 3.06 bits per heavy atom. The molecular formula is C12H14ClN3. The van der Waals surface area contributed by atoms with Crippen LogP contribution in [0.3, 0.4) is 0 Å². The Morgan fingerprint density at radius 1 is 1.50 bits per heavy atom. The predicted octanol–water partition coefficient (Wildman–Crippen LogP) is 2.60. The molecule has 2 aromatic rings. The lowest BCUT2D eigenvalue weighted by Crippen LogP contribution is -2.10. The molecule has 3 nitrogen and oxygen atoms in total. The molecule has 3 rings (SSSR count). The van der Waals surface area contributed by atoms with Gasteiger partial charge >= 0.3 is 0 Å². The van der Waals surface area contributed by atoms with E-state index in [0.717, 1.165) is 12.1 Å². The van der Waals surface area contributed by atoms with Crippen LogP contribution < -0.4 is 0 Å². The number of pyridine rings is 1. The SMILES string of the molecule is Cc1cc(CC(Cl)C2CC2)n2ncnc2c1. The average Bonchev–Trinajstić information content (AvgIpc) is 2.98. The van der Waals surface area contributed by atoms with Crippen LogP contribution in [0.1, 0.15) is 24.1 Å². The highest BCUT2D eigenvalue weighted by atomic mass is 35.5. The fourth-order valence-corrected chi connectivity index (χ4v) is 2.52. The molecule has 1 fully saturated rings. The van der Waals surface area contributed by atoms with Crippen molar-refractivity contribution in [3.05, 3.63) is 29.7 Å². The van der Waals surface area contributed by atoms with Gasteiger partial charge < -0.3 is 0 Å². The summed E-state index contributed by atoms with van der Waals surface area (Å²) in [5, 5.41) is 4.48. The van der Waals surface area contributed by atoms with E-state index in [9.17, 15) is 0 Å². The van der Waals surface area contributed by atoms with Gasteiger partial charge in [0.15, 0.2) is 5.65 Å². The van der Waals surface area contributed by atoms with Crippen molar-refractivity contribution in [3.8, 4) is 0 Å². The topological polar surface area (TPSA) is 30.2 Å². The van der Waals surface area contributed by atoms with Crippen molar-refractivity contribution in [1.82, 2.24) is 14.6 Å². The van der Waals surface area contributed by atoms with Gasteiger partial charge in [0.05, 0.1) is 0 Å². The third-order valence-electron chi connectivity index (χ3n) is 3.13. The molecule has 1 atom stereocenters. The zero-order valence-corrected chi connectivity index (χ0v) is 9.98. The Morgan fingerprint density at radius 2 is 2.31 bits per heavy atom. The third kappa shape index (κ3) is 1.80. The molecule has 0 aliphatic heterocycles. The maximum atomic E-state index is 6.37. The van der Waals surface area contributed by atoms with E-state index in [-0.39, 0.29) is 5.38 Å². The van der Waals surface area contributed by atoms with E-state index in [1.165, 1.54) is 24.1 Å². The first-order valence-electron chi connectivity index (χ1n) is 5.67. The maximum Gasteiger partial charge on any atom is 0.155 e. The molecule has 0 radical (unpaired) electrons. The minimum atomic E-state index is 0.245. The lowest BCUT2D eigenvalue weighted by atomic mass is 10.1. The number of alkyl halides is 1. The van der Waals surface area contributed by atoms with Crippen LogP contribution >= 0.6 is 11.6 Å². The second-order valence-electron chi connectivity index (χ2n) is 4.61. The third-order valence-corrected chi connectivity index (χ3v) is 3.65. The van der Waals surface area contributed by atoms with Gasteiger partial charge in [0.1, 0.15) is 6.33 Å².